The summed E-state index contributed by atoms with van der Waals surface area (Å²) in [5, 5.41) is 3.51. The maximum atomic E-state index is 5.56. The van der Waals surface area contributed by atoms with Crippen LogP contribution in [0.2, 0.25) is 0 Å². The van der Waals surface area contributed by atoms with Crippen molar-refractivity contribution in [1.29, 1.82) is 0 Å². The number of nitrogens with one attached hydrogen (secondary N) is 1. The smallest absolute Gasteiger partial charge is 0.124 e. The van der Waals surface area contributed by atoms with Gasteiger partial charge in [-0.15, -0.1) is 0 Å². The Morgan fingerprint density at radius 1 is 1.21 bits per heavy atom. The molecular formula is C16H24BrNO. The van der Waals surface area contributed by atoms with Crippen LogP contribution in [-0.4, -0.2) is 14.2 Å². The maximum absolute atomic E-state index is 5.56. The highest BCUT2D eigenvalue weighted by Crippen LogP contribution is 2.37. The van der Waals surface area contributed by atoms with Crippen LogP contribution < -0.4 is 10.1 Å². The number of benzene rings is 1. The van der Waals surface area contributed by atoms with Crippen molar-refractivity contribution in [2.24, 2.45) is 5.92 Å². The van der Waals surface area contributed by atoms with Crippen molar-refractivity contribution in [2.45, 2.75) is 44.6 Å². The Bertz CT molecular complexity index is 400. The van der Waals surface area contributed by atoms with Crippen LogP contribution in [-0.2, 0) is 0 Å². The molecule has 1 aromatic rings. The number of hydrogen-bond donors (Lipinski definition) is 1. The van der Waals surface area contributed by atoms with Crippen molar-refractivity contribution in [1.82, 2.24) is 5.32 Å². The number of rotatable bonds is 4. The summed E-state index contributed by atoms with van der Waals surface area (Å²) in [4.78, 5) is 0. The molecular weight excluding hydrogens is 302 g/mol. The first-order valence-corrected chi connectivity index (χ1v) is 8.06. The van der Waals surface area contributed by atoms with Gasteiger partial charge in [0, 0.05) is 16.1 Å². The molecule has 0 amide bonds. The second-order valence-electron chi connectivity index (χ2n) is 5.40. The fourth-order valence-corrected chi connectivity index (χ4v) is 3.57. The zero-order valence-electron chi connectivity index (χ0n) is 11.9. The van der Waals surface area contributed by atoms with E-state index in [9.17, 15) is 0 Å². The van der Waals surface area contributed by atoms with E-state index in [2.05, 4.69) is 46.5 Å². The summed E-state index contributed by atoms with van der Waals surface area (Å²) < 4.78 is 6.63. The van der Waals surface area contributed by atoms with Gasteiger partial charge in [-0.05, 0) is 37.9 Å². The van der Waals surface area contributed by atoms with E-state index in [1.165, 1.54) is 44.1 Å². The molecule has 1 aromatic carbocycles. The molecule has 19 heavy (non-hydrogen) atoms. The first kappa shape index (κ1) is 14.9. The Hall–Kier alpha value is -0.540. The third-order valence-corrected chi connectivity index (χ3v) is 4.71. The normalized spacial score (nSPS) is 18.9. The van der Waals surface area contributed by atoms with Gasteiger partial charge in [-0.25, -0.2) is 0 Å². The third-order valence-electron chi connectivity index (χ3n) is 4.21. The maximum Gasteiger partial charge on any atom is 0.124 e. The Kier molecular flexibility index (Phi) is 5.71. The van der Waals surface area contributed by atoms with Gasteiger partial charge in [0.05, 0.1) is 7.11 Å². The molecule has 0 radical (unpaired) electrons. The molecule has 0 saturated heterocycles. The lowest BCUT2D eigenvalue weighted by molar-refractivity contribution is 0.326. The lowest BCUT2D eigenvalue weighted by atomic mass is 9.87. The molecule has 0 heterocycles. The van der Waals surface area contributed by atoms with Crippen LogP contribution in [0.15, 0.2) is 22.7 Å². The van der Waals surface area contributed by atoms with Crippen molar-refractivity contribution in [3.8, 4) is 5.75 Å². The van der Waals surface area contributed by atoms with E-state index in [0.29, 0.717) is 6.04 Å². The van der Waals surface area contributed by atoms with Gasteiger partial charge in [0.2, 0.25) is 0 Å². The topological polar surface area (TPSA) is 21.3 Å². The molecule has 0 bridgehead atoms. The van der Waals surface area contributed by atoms with Gasteiger partial charge in [0.25, 0.3) is 0 Å². The van der Waals surface area contributed by atoms with E-state index in [0.717, 1.165) is 16.1 Å². The monoisotopic (exact) mass is 325 g/mol. The summed E-state index contributed by atoms with van der Waals surface area (Å²) >= 11 is 3.52. The van der Waals surface area contributed by atoms with Crippen molar-refractivity contribution in [2.75, 3.05) is 14.2 Å². The fourth-order valence-electron chi connectivity index (χ4n) is 3.23. The summed E-state index contributed by atoms with van der Waals surface area (Å²) in [6.45, 7) is 0. The molecule has 0 aromatic heterocycles. The number of halogens is 1. The van der Waals surface area contributed by atoms with E-state index in [-0.39, 0.29) is 0 Å². The molecule has 2 rings (SSSR count). The zero-order valence-corrected chi connectivity index (χ0v) is 13.5. The predicted molar refractivity (Wildman–Crippen MR) is 83.7 cm³/mol. The average molecular weight is 326 g/mol. The highest BCUT2D eigenvalue weighted by atomic mass is 79.9. The van der Waals surface area contributed by atoms with Gasteiger partial charge < -0.3 is 10.1 Å². The van der Waals surface area contributed by atoms with Crippen molar-refractivity contribution in [3.05, 3.63) is 28.2 Å². The number of methoxy groups -OCH3 is 1. The van der Waals surface area contributed by atoms with Crippen LogP contribution in [0.5, 0.6) is 5.75 Å². The van der Waals surface area contributed by atoms with Crippen molar-refractivity contribution in [3.63, 3.8) is 0 Å². The van der Waals surface area contributed by atoms with Crippen LogP contribution >= 0.6 is 15.9 Å². The minimum Gasteiger partial charge on any atom is -0.496 e. The largest absolute Gasteiger partial charge is 0.496 e. The second kappa shape index (κ2) is 7.30. The Balaban J connectivity index is 2.24. The second-order valence-corrected chi connectivity index (χ2v) is 6.32. The Morgan fingerprint density at radius 3 is 2.47 bits per heavy atom. The summed E-state index contributed by atoms with van der Waals surface area (Å²) in [6, 6.07) is 6.77. The van der Waals surface area contributed by atoms with Gasteiger partial charge in [-0.1, -0.05) is 47.7 Å². The van der Waals surface area contributed by atoms with E-state index in [1.807, 2.05) is 0 Å². The summed E-state index contributed by atoms with van der Waals surface area (Å²) in [6.07, 6.45) is 8.16. The fraction of sp³-hybridized carbons (Fsp3) is 0.625. The van der Waals surface area contributed by atoms with Crippen LogP contribution in [0.1, 0.15) is 50.1 Å². The van der Waals surface area contributed by atoms with E-state index < -0.39 is 0 Å². The molecule has 2 nitrogen and oxygen atoms in total. The van der Waals surface area contributed by atoms with E-state index >= 15 is 0 Å². The number of ether oxygens (including phenoxy) is 1. The molecule has 1 N–H and O–H groups in total. The third kappa shape index (κ3) is 3.73. The minimum atomic E-state index is 0.404. The molecule has 1 atom stereocenters. The van der Waals surface area contributed by atoms with Gasteiger partial charge in [-0.2, -0.15) is 0 Å². The van der Waals surface area contributed by atoms with E-state index in [4.69, 9.17) is 4.74 Å². The van der Waals surface area contributed by atoms with Crippen molar-refractivity contribution < 1.29 is 4.74 Å². The number of hydrogen-bond acceptors (Lipinski definition) is 2. The highest BCUT2D eigenvalue weighted by Gasteiger charge is 2.25. The molecule has 0 aliphatic heterocycles. The van der Waals surface area contributed by atoms with Crippen LogP contribution in [0.25, 0.3) is 0 Å². The molecule has 1 aliphatic rings. The minimum absolute atomic E-state index is 0.404. The molecule has 3 heteroatoms. The van der Waals surface area contributed by atoms with Crippen LogP contribution in [0, 0.1) is 5.92 Å². The van der Waals surface area contributed by atoms with Gasteiger partial charge in [0.1, 0.15) is 5.75 Å². The lowest BCUT2D eigenvalue weighted by Gasteiger charge is -2.27. The zero-order chi connectivity index (χ0) is 13.7. The van der Waals surface area contributed by atoms with E-state index in [1.54, 1.807) is 7.11 Å². The molecule has 106 valence electrons. The SMILES string of the molecule is CNC(c1ccc(Br)cc1OC)C1CCCCCC1. The van der Waals surface area contributed by atoms with Crippen LogP contribution in [0.3, 0.4) is 0 Å². The quantitative estimate of drug-likeness (QED) is 0.811. The molecule has 1 aliphatic carbocycles. The first-order chi connectivity index (χ1) is 9.26. The van der Waals surface area contributed by atoms with Gasteiger partial charge in [-0.3, -0.25) is 0 Å². The summed E-state index contributed by atoms with van der Waals surface area (Å²) in [5.41, 5.74) is 1.29. The highest BCUT2D eigenvalue weighted by molar-refractivity contribution is 9.10. The molecule has 1 saturated carbocycles. The van der Waals surface area contributed by atoms with Gasteiger partial charge >= 0.3 is 0 Å². The lowest BCUT2D eigenvalue weighted by Crippen LogP contribution is -2.25. The van der Waals surface area contributed by atoms with Gasteiger partial charge in [0.15, 0.2) is 0 Å². The summed E-state index contributed by atoms with van der Waals surface area (Å²) in [5.74, 6) is 1.71. The first-order valence-electron chi connectivity index (χ1n) is 7.27. The standard InChI is InChI=1S/C16H24BrNO/c1-18-16(12-7-5-3-4-6-8-12)14-10-9-13(17)11-15(14)19-2/h9-12,16,18H,3-8H2,1-2H3. The van der Waals surface area contributed by atoms with Crippen LogP contribution in [0.4, 0.5) is 0 Å². The predicted octanol–water partition coefficient (Wildman–Crippen LogP) is 4.69. The summed E-state index contributed by atoms with van der Waals surface area (Å²) in [7, 11) is 3.82. The Labute approximate surface area is 125 Å². The molecule has 0 spiro atoms. The van der Waals surface area contributed by atoms with Crippen molar-refractivity contribution >= 4 is 15.9 Å². The molecule has 1 fully saturated rings. The molecule has 1 unspecified atom stereocenters. The Morgan fingerprint density at radius 2 is 1.89 bits per heavy atom. The average Bonchev–Trinajstić information content (AvgIpc) is 2.70.